The highest BCUT2D eigenvalue weighted by Gasteiger charge is 2.09. The van der Waals surface area contributed by atoms with Crippen LogP contribution in [0.25, 0.3) is 10.9 Å². The van der Waals surface area contributed by atoms with E-state index in [0.29, 0.717) is 10.9 Å². The quantitative estimate of drug-likeness (QED) is 0.816. The molecule has 0 saturated heterocycles. The van der Waals surface area contributed by atoms with Crippen molar-refractivity contribution in [2.45, 2.75) is 6.42 Å². The summed E-state index contributed by atoms with van der Waals surface area (Å²) in [6.45, 7) is 0. The predicted molar refractivity (Wildman–Crippen MR) is 55.8 cm³/mol. The molecule has 6 heteroatoms. The minimum atomic E-state index is -1.06. The predicted octanol–water partition coefficient (Wildman–Crippen LogP) is 2.05. The molecular weight excluding hydrogens is 235 g/mol. The van der Waals surface area contributed by atoms with E-state index in [0.717, 1.165) is 0 Å². The van der Waals surface area contributed by atoms with E-state index in [1.54, 1.807) is 0 Å². The fraction of sp³-hybridized carbons (Fsp3) is 0.100. The molecule has 0 amide bonds. The Bertz CT molecular complexity index is 574. The van der Waals surface area contributed by atoms with Crippen LogP contribution >= 0.6 is 11.6 Å². The lowest BCUT2D eigenvalue weighted by atomic mass is 10.2. The second-order valence-electron chi connectivity index (χ2n) is 3.16. The SMILES string of the molecule is O=C(O)Cc1nc(Cl)c2ccc(F)cc2n1. The lowest BCUT2D eigenvalue weighted by Crippen LogP contribution is -2.05. The largest absolute Gasteiger partial charge is 0.481 e. The van der Waals surface area contributed by atoms with E-state index >= 15 is 0 Å². The Balaban J connectivity index is 2.60. The topological polar surface area (TPSA) is 63.1 Å². The van der Waals surface area contributed by atoms with Crippen LogP contribution in [0.15, 0.2) is 18.2 Å². The number of aromatic nitrogens is 2. The van der Waals surface area contributed by atoms with Gasteiger partial charge in [-0.2, -0.15) is 0 Å². The molecule has 0 radical (unpaired) electrons. The molecule has 2 aromatic rings. The first-order valence-electron chi connectivity index (χ1n) is 4.40. The zero-order valence-corrected chi connectivity index (χ0v) is 8.70. The number of rotatable bonds is 2. The van der Waals surface area contributed by atoms with Gasteiger partial charge in [-0.25, -0.2) is 14.4 Å². The number of fused-ring (bicyclic) bond motifs is 1. The van der Waals surface area contributed by atoms with Crippen molar-refractivity contribution in [2.75, 3.05) is 0 Å². The van der Waals surface area contributed by atoms with Crippen molar-refractivity contribution < 1.29 is 14.3 Å². The summed E-state index contributed by atoms with van der Waals surface area (Å²) in [5, 5.41) is 9.21. The molecule has 1 N–H and O–H groups in total. The van der Waals surface area contributed by atoms with Gasteiger partial charge in [0.1, 0.15) is 23.2 Å². The Labute approximate surface area is 94.7 Å². The Morgan fingerprint density at radius 3 is 2.88 bits per heavy atom. The average molecular weight is 241 g/mol. The third-order valence-electron chi connectivity index (χ3n) is 1.97. The summed E-state index contributed by atoms with van der Waals surface area (Å²) >= 11 is 5.83. The summed E-state index contributed by atoms with van der Waals surface area (Å²) in [5.74, 6) is -1.45. The van der Waals surface area contributed by atoms with Gasteiger partial charge in [0.25, 0.3) is 0 Å². The van der Waals surface area contributed by atoms with Gasteiger partial charge >= 0.3 is 5.97 Å². The first kappa shape index (κ1) is 10.8. The highest BCUT2D eigenvalue weighted by atomic mass is 35.5. The molecule has 0 fully saturated rings. The fourth-order valence-corrected chi connectivity index (χ4v) is 1.58. The van der Waals surface area contributed by atoms with Crippen LogP contribution in [-0.4, -0.2) is 21.0 Å². The fourth-order valence-electron chi connectivity index (χ4n) is 1.32. The molecule has 1 heterocycles. The molecule has 0 atom stereocenters. The number of nitrogens with zero attached hydrogens (tertiary/aromatic N) is 2. The molecule has 0 unspecified atom stereocenters. The maximum absolute atomic E-state index is 12.9. The van der Waals surface area contributed by atoms with Crippen molar-refractivity contribution in [1.82, 2.24) is 9.97 Å². The molecule has 1 aromatic carbocycles. The smallest absolute Gasteiger partial charge is 0.311 e. The summed E-state index contributed by atoms with van der Waals surface area (Å²) in [6.07, 6.45) is -0.341. The van der Waals surface area contributed by atoms with E-state index in [2.05, 4.69) is 9.97 Å². The Kier molecular flexibility index (Phi) is 2.70. The van der Waals surface area contributed by atoms with Gasteiger partial charge in [0.05, 0.1) is 5.52 Å². The van der Waals surface area contributed by atoms with Crippen molar-refractivity contribution in [2.24, 2.45) is 0 Å². The lowest BCUT2D eigenvalue weighted by molar-refractivity contribution is -0.136. The normalized spacial score (nSPS) is 10.6. The van der Waals surface area contributed by atoms with E-state index in [4.69, 9.17) is 16.7 Å². The summed E-state index contributed by atoms with van der Waals surface area (Å²) in [6, 6.07) is 3.89. The van der Waals surface area contributed by atoms with E-state index in [9.17, 15) is 9.18 Å². The third-order valence-corrected chi connectivity index (χ3v) is 2.26. The minimum absolute atomic E-state index is 0.0654. The zero-order valence-electron chi connectivity index (χ0n) is 7.94. The van der Waals surface area contributed by atoms with Crippen LogP contribution in [-0.2, 0) is 11.2 Å². The number of hydrogen-bond donors (Lipinski definition) is 1. The maximum Gasteiger partial charge on any atom is 0.311 e. The Morgan fingerprint density at radius 2 is 2.19 bits per heavy atom. The van der Waals surface area contributed by atoms with Crippen LogP contribution in [0, 0.1) is 5.82 Å². The molecule has 82 valence electrons. The summed E-state index contributed by atoms with van der Waals surface area (Å²) < 4.78 is 12.9. The highest BCUT2D eigenvalue weighted by molar-refractivity contribution is 6.34. The van der Waals surface area contributed by atoms with E-state index in [-0.39, 0.29) is 17.4 Å². The zero-order chi connectivity index (χ0) is 11.7. The number of carboxylic acid groups (broad SMARTS) is 1. The molecule has 4 nitrogen and oxygen atoms in total. The molecule has 0 aliphatic heterocycles. The summed E-state index contributed by atoms with van der Waals surface area (Å²) in [5.41, 5.74) is 0.302. The third kappa shape index (κ3) is 2.09. The lowest BCUT2D eigenvalue weighted by Gasteiger charge is -2.02. The molecule has 0 saturated carbocycles. The van der Waals surface area contributed by atoms with Gasteiger partial charge in [-0.15, -0.1) is 0 Å². The van der Waals surface area contributed by atoms with Gasteiger partial charge in [-0.3, -0.25) is 4.79 Å². The van der Waals surface area contributed by atoms with Gasteiger partial charge < -0.3 is 5.11 Å². The van der Waals surface area contributed by atoms with Crippen LogP contribution < -0.4 is 0 Å². The number of carboxylic acids is 1. The van der Waals surface area contributed by atoms with Crippen LogP contribution in [0.2, 0.25) is 5.15 Å². The van der Waals surface area contributed by atoms with Gasteiger partial charge in [-0.05, 0) is 12.1 Å². The maximum atomic E-state index is 12.9. The molecular formula is C10H6ClFN2O2. The summed E-state index contributed by atoms with van der Waals surface area (Å²) in [7, 11) is 0. The number of hydrogen-bond acceptors (Lipinski definition) is 3. The molecule has 16 heavy (non-hydrogen) atoms. The van der Waals surface area contributed by atoms with Crippen LogP contribution in [0.4, 0.5) is 4.39 Å². The molecule has 2 rings (SSSR count). The van der Waals surface area contributed by atoms with Crippen molar-refractivity contribution in [3.63, 3.8) is 0 Å². The van der Waals surface area contributed by atoms with Crippen LogP contribution in [0.5, 0.6) is 0 Å². The highest BCUT2D eigenvalue weighted by Crippen LogP contribution is 2.21. The van der Waals surface area contributed by atoms with Crippen molar-refractivity contribution in [1.29, 1.82) is 0 Å². The minimum Gasteiger partial charge on any atom is -0.481 e. The molecule has 0 aliphatic carbocycles. The van der Waals surface area contributed by atoms with Crippen LogP contribution in [0.1, 0.15) is 5.82 Å². The van der Waals surface area contributed by atoms with Crippen molar-refractivity contribution in [3.05, 3.63) is 35.0 Å². The van der Waals surface area contributed by atoms with E-state index in [1.807, 2.05) is 0 Å². The number of carbonyl (C=O) groups is 1. The monoisotopic (exact) mass is 240 g/mol. The van der Waals surface area contributed by atoms with Crippen molar-refractivity contribution >= 4 is 28.5 Å². The summed E-state index contributed by atoms with van der Waals surface area (Å²) in [4.78, 5) is 18.2. The first-order valence-corrected chi connectivity index (χ1v) is 4.77. The average Bonchev–Trinajstić information content (AvgIpc) is 2.15. The molecule has 0 spiro atoms. The van der Waals surface area contributed by atoms with Crippen molar-refractivity contribution in [3.8, 4) is 0 Å². The number of aliphatic carboxylic acids is 1. The van der Waals surface area contributed by atoms with Gasteiger partial charge in [0.15, 0.2) is 0 Å². The second-order valence-corrected chi connectivity index (χ2v) is 3.52. The van der Waals surface area contributed by atoms with Gasteiger partial charge in [0, 0.05) is 11.5 Å². The Morgan fingerprint density at radius 1 is 1.44 bits per heavy atom. The van der Waals surface area contributed by atoms with Gasteiger partial charge in [0.2, 0.25) is 0 Å². The molecule has 0 bridgehead atoms. The van der Waals surface area contributed by atoms with Crippen LogP contribution in [0.3, 0.4) is 0 Å². The van der Waals surface area contributed by atoms with Gasteiger partial charge in [-0.1, -0.05) is 11.6 Å². The number of benzene rings is 1. The second kappa shape index (κ2) is 4.02. The molecule has 0 aliphatic rings. The standard InChI is InChI=1S/C10H6ClFN2O2/c11-10-6-2-1-5(12)3-7(6)13-8(14-10)4-9(15)16/h1-3H,4H2,(H,15,16). The molecule has 1 aromatic heterocycles. The van der Waals surface area contributed by atoms with E-state index in [1.165, 1.54) is 18.2 Å². The van der Waals surface area contributed by atoms with E-state index < -0.39 is 11.8 Å². The Hall–Kier alpha value is -1.75. The number of halogens is 2. The first-order chi connectivity index (χ1) is 7.56.